The summed E-state index contributed by atoms with van der Waals surface area (Å²) in [4.78, 5) is 12.5. The molecule has 0 aliphatic carbocycles. The van der Waals surface area contributed by atoms with Gasteiger partial charge < -0.3 is 5.11 Å². The maximum Gasteiger partial charge on any atom is 0.303 e. The van der Waals surface area contributed by atoms with Crippen LogP contribution in [0.3, 0.4) is 0 Å². The third kappa shape index (κ3) is 4.11. The van der Waals surface area contributed by atoms with Gasteiger partial charge in [-0.25, -0.2) is 4.39 Å². The number of carbonyl (C=O) groups is 1. The number of carboxylic acid groups (broad SMARTS) is 1. The lowest BCUT2D eigenvalue weighted by atomic mass is 10.0. The summed E-state index contributed by atoms with van der Waals surface area (Å²) in [6.07, 6.45) is 1.53. The van der Waals surface area contributed by atoms with Gasteiger partial charge in [-0.3, -0.25) is 9.69 Å². The molecule has 0 radical (unpaired) electrons. The lowest BCUT2D eigenvalue weighted by Crippen LogP contribution is -2.26. The van der Waals surface area contributed by atoms with E-state index in [4.69, 9.17) is 5.11 Å². The van der Waals surface area contributed by atoms with E-state index in [1.165, 1.54) is 6.07 Å². The molecule has 4 heteroatoms. The molecule has 0 aliphatic heterocycles. The fourth-order valence-corrected chi connectivity index (χ4v) is 2.15. The Bertz CT molecular complexity index is 395. The van der Waals surface area contributed by atoms with Crippen LogP contribution >= 0.6 is 0 Å². The second kappa shape index (κ2) is 7.11. The van der Waals surface area contributed by atoms with Crippen molar-refractivity contribution in [3.05, 3.63) is 35.6 Å². The van der Waals surface area contributed by atoms with Gasteiger partial charge in [0.2, 0.25) is 0 Å². The van der Waals surface area contributed by atoms with Crippen molar-refractivity contribution in [2.75, 3.05) is 13.6 Å². The number of benzene rings is 1. The number of hydrogen-bond acceptors (Lipinski definition) is 2. The molecule has 0 saturated carbocycles. The van der Waals surface area contributed by atoms with Crippen LogP contribution in [0.2, 0.25) is 0 Å². The van der Waals surface area contributed by atoms with Crippen molar-refractivity contribution in [1.29, 1.82) is 0 Å². The van der Waals surface area contributed by atoms with Gasteiger partial charge in [-0.1, -0.05) is 25.1 Å². The lowest BCUT2D eigenvalue weighted by molar-refractivity contribution is -0.137. The molecular formula is C14H20FNO2. The molecule has 100 valence electrons. The molecule has 0 saturated heterocycles. The Morgan fingerprint density at radius 2 is 2.11 bits per heavy atom. The first-order valence-electron chi connectivity index (χ1n) is 6.22. The smallest absolute Gasteiger partial charge is 0.303 e. The summed E-state index contributed by atoms with van der Waals surface area (Å²) in [5.41, 5.74) is 0.679. The lowest BCUT2D eigenvalue weighted by Gasteiger charge is -2.27. The summed E-state index contributed by atoms with van der Waals surface area (Å²) in [6, 6.07) is 6.75. The van der Waals surface area contributed by atoms with Gasteiger partial charge in [-0.15, -0.1) is 0 Å². The second-order valence-electron chi connectivity index (χ2n) is 4.42. The first kappa shape index (κ1) is 14.6. The van der Waals surface area contributed by atoms with Gasteiger partial charge in [0.15, 0.2) is 0 Å². The van der Waals surface area contributed by atoms with E-state index in [1.807, 2.05) is 24.9 Å². The van der Waals surface area contributed by atoms with Crippen molar-refractivity contribution in [3.8, 4) is 0 Å². The summed E-state index contributed by atoms with van der Waals surface area (Å²) in [5.74, 6) is -0.989. The number of nitrogens with zero attached hydrogens (tertiary/aromatic N) is 1. The van der Waals surface area contributed by atoms with Gasteiger partial charge in [0.25, 0.3) is 0 Å². The Kier molecular flexibility index (Phi) is 5.78. The number of carboxylic acids is 1. The highest BCUT2D eigenvalue weighted by molar-refractivity contribution is 5.66. The van der Waals surface area contributed by atoms with Crippen molar-refractivity contribution in [2.24, 2.45) is 0 Å². The third-order valence-corrected chi connectivity index (χ3v) is 3.08. The molecule has 1 N–H and O–H groups in total. The fraction of sp³-hybridized carbons (Fsp3) is 0.500. The Morgan fingerprint density at radius 3 is 2.67 bits per heavy atom. The van der Waals surface area contributed by atoms with E-state index in [1.54, 1.807) is 12.1 Å². The van der Waals surface area contributed by atoms with Crippen LogP contribution in [0, 0.1) is 5.82 Å². The quantitative estimate of drug-likeness (QED) is 0.811. The van der Waals surface area contributed by atoms with E-state index in [0.29, 0.717) is 18.5 Å². The number of rotatable bonds is 7. The Hall–Kier alpha value is -1.42. The molecule has 0 fully saturated rings. The molecule has 0 amide bonds. The standard InChI is InChI=1S/C14H20FNO2/c1-3-13(11-7-4-5-8-12(11)15)16(2)10-6-9-14(17)18/h4-5,7-8,13H,3,6,9-10H2,1-2H3,(H,17,18). The van der Waals surface area contributed by atoms with E-state index >= 15 is 0 Å². The van der Waals surface area contributed by atoms with Crippen LogP contribution in [-0.2, 0) is 4.79 Å². The minimum atomic E-state index is -0.789. The van der Waals surface area contributed by atoms with E-state index in [0.717, 1.165) is 6.42 Å². The average Bonchev–Trinajstić information content (AvgIpc) is 2.32. The summed E-state index contributed by atoms with van der Waals surface area (Å²) < 4.78 is 13.7. The molecular weight excluding hydrogens is 233 g/mol. The van der Waals surface area contributed by atoms with Crippen LogP contribution in [0.15, 0.2) is 24.3 Å². The molecule has 0 heterocycles. The number of aliphatic carboxylic acids is 1. The minimum Gasteiger partial charge on any atom is -0.481 e. The zero-order valence-corrected chi connectivity index (χ0v) is 10.9. The number of halogens is 1. The molecule has 1 aromatic carbocycles. The van der Waals surface area contributed by atoms with Crippen molar-refractivity contribution >= 4 is 5.97 Å². The molecule has 0 aliphatic rings. The molecule has 1 atom stereocenters. The van der Waals surface area contributed by atoms with Crippen LogP contribution < -0.4 is 0 Å². The SMILES string of the molecule is CCC(c1ccccc1F)N(C)CCCC(=O)O. The van der Waals surface area contributed by atoms with Crippen molar-refractivity contribution in [2.45, 2.75) is 32.2 Å². The van der Waals surface area contributed by atoms with Crippen LogP contribution in [-0.4, -0.2) is 29.6 Å². The maximum atomic E-state index is 13.7. The zero-order chi connectivity index (χ0) is 13.5. The van der Waals surface area contributed by atoms with Crippen molar-refractivity contribution in [1.82, 2.24) is 4.90 Å². The summed E-state index contributed by atoms with van der Waals surface area (Å²) in [5, 5.41) is 8.60. The molecule has 0 spiro atoms. The van der Waals surface area contributed by atoms with Gasteiger partial charge in [-0.05, 0) is 32.5 Å². The normalized spacial score (nSPS) is 12.7. The van der Waals surface area contributed by atoms with E-state index < -0.39 is 5.97 Å². The van der Waals surface area contributed by atoms with E-state index in [9.17, 15) is 9.18 Å². The van der Waals surface area contributed by atoms with E-state index in [-0.39, 0.29) is 18.3 Å². The number of hydrogen-bond donors (Lipinski definition) is 1. The molecule has 0 bridgehead atoms. The summed E-state index contributed by atoms with van der Waals surface area (Å²) >= 11 is 0. The largest absolute Gasteiger partial charge is 0.481 e. The van der Waals surface area contributed by atoms with Crippen LogP contribution in [0.1, 0.15) is 37.8 Å². The van der Waals surface area contributed by atoms with Gasteiger partial charge in [-0.2, -0.15) is 0 Å². The molecule has 1 aromatic rings. The van der Waals surface area contributed by atoms with Crippen molar-refractivity contribution < 1.29 is 14.3 Å². The topological polar surface area (TPSA) is 40.5 Å². The van der Waals surface area contributed by atoms with Gasteiger partial charge in [0.05, 0.1) is 0 Å². The Balaban J connectivity index is 2.65. The Morgan fingerprint density at radius 1 is 1.44 bits per heavy atom. The minimum absolute atomic E-state index is 0.00000472. The van der Waals surface area contributed by atoms with Gasteiger partial charge in [0, 0.05) is 18.0 Å². The van der Waals surface area contributed by atoms with Crippen LogP contribution in [0.4, 0.5) is 4.39 Å². The highest BCUT2D eigenvalue weighted by Gasteiger charge is 2.18. The first-order valence-corrected chi connectivity index (χ1v) is 6.22. The first-order chi connectivity index (χ1) is 8.56. The highest BCUT2D eigenvalue weighted by atomic mass is 19.1. The monoisotopic (exact) mass is 253 g/mol. The predicted molar refractivity (Wildman–Crippen MR) is 68.9 cm³/mol. The molecule has 1 unspecified atom stereocenters. The van der Waals surface area contributed by atoms with Crippen molar-refractivity contribution in [3.63, 3.8) is 0 Å². The van der Waals surface area contributed by atoms with Gasteiger partial charge in [0.1, 0.15) is 5.82 Å². The molecule has 18 heavy (non-hydrogen) atoms. The summed E-state index contributed by atoms with van der Waals surface area (Å²) in [7, 11) is 1.91. The van der Waals surface area contributed by atoms with Crippen LogP contribution in [0.5, 0.6) is 0 Å². The molecule has 1 rings (SSSR count). The molecule has 3 nitrogen and oxygen atoms in total. The second-order valence-corrected chi connectivity index (χ2v) is 4.42. The third-order valence-electron chi connectivity index (χ3n) is 3.08. The zero-order valence-electron chi connectivity index (χ0n) is 10.9. The Labute approximate surface area is 107 Å². The fourth-order valence-electron chi connectivity index (χ4n) is 2.15. The summed E-state index contributed by atoms with van der Waals surface area (Å²) in [6.45, 7) is 2.66. The van der Waals surface area contributed by atoms with Crippen LogP contribution in [0.25, 0.3) is 0 Å². The van der Waals surface area contributed by atoms with E-state index in [2.05, 4.69) is 0 Å². The average molecular weight is 253 g/mol. The predicted octanol–water partition coefficient (Wildman–Crippen LogP) is 3.07. The molecule has 0 aromatic heterocycles. The van der Waals surface area contributed by atoms with Gasteiger partial charge >= 0.3 is 5.97 Å². The maximum absolute atomic E-state index is 13.7. The highest BCUT2D eigenvalue weighted by Crippen LogP contribution is 2.25.